The molecule has 3 aromatic rings. The zero-order valence-corrected chi connectivity index (χ0v) is 10.7. The van der Waals surface area contributed by atoms with E-state index in [1.807, 2.05) is 24.3 Å². The van der Waals surface area contributed by atoms with Gasteiger partial charge in [-0.3, -0.25) is 0 Å². The van der Waals surface area contributed by atoms with Crippen LogP contribution in [0.2, 0.25) is 0 Å². The second-order valence-electron chi connectivity index (χ2n) is 4.48. The highest BCUT2D eigenvalue weighted by atomic mass is 16.5. The molecule has 3 rings (SSSR count). The molecular formula is C15H13N3O2. The van der Waals surface area contributed by atoms with Crippen LogP contribution < -0.4 is 5.73 Å². The number of nitrogens with two attached hydrogens (primary N) is 1. The van der Waals surface area contributed by atoms with E-state index < -0.39 is 0 Å². The average Bonchev–Trinajstić information content (AvgIpc) is 2.90. The van der Waals surface area contributed by atoms with E-state index in [0.29, 0.717) is 23.8 Å². The first-order valence-corrected chi connectivity index (χ1v) is 6.17. The molecule has 100 valence electrons. The molecule has 0 bridgehead atoms. The summed E-state index contributed by atoms with van der Waals surface area (Å²) in [5.74, 6) is 1.28. The fourth-order valence-corrected chi connectivity index (χ4v) is 1.91. The van der Waals surface area contributed by atoms with Crippen molar-refractivity contribution in [1.82, 2.24) is 10.1 Å². The van der Waals surface area contributed by atoms with Crippen LogP contribution in [0.15, 0.2) is 53.1 Å². The second-order valence-corrected chi connectivity index (χ2v) is 4.48. The average molecular weight is 267 g/mol. The molecule has 0 amide bonds. The van der Waals surface area contributed by atoms with Crippen molar-refractivity contribution in [3.63, 3.8) is 0 Å². The van der Waals surface area contributed by atoms with Gasteiger partial charge < -0.3 is 15.4 Å². The second kappa shape index (κ2) is 5.05. The Hall–Kier alpha value is -2.82. The highest BCUT2D eigenvalue weighted by Crippen LogP contribution is 2.20. The lowest BCUT2D eigenvalue weighted by molar-refractivity contribution is 0.424. The van der Waals surface area contributed by atoms with Gasteiger partial charge in [0.1, 0.15) is 5.75 Å². The minimum atomic E-state index is 0.238. The van der Waals surface area contributed by atoms with Crippen LogP contribution in [-0.4, -0.2) is 15.2 Å². The van der Waals surface area contributed by atoms with Gasteiger partial charge in [-0.1, -0.05) is 23.4 Å². The summed E-state index contributed by atoms with van der Waals surface area (Å²) < 4.78 is 5.24. The predicted molar refractivity (Wildman–Crippen MR) is 75.1 cm³/mol. The van der Waals surface area contributed by atoms with Gasteiger partial charge in [-0.2, -0.15) is 4.98 Å². The summed E-state index contributed by atoms with van der Waals surface area (Å²) in [7, 11) is 0. The van der Waals surface area contributed by atoms with Crippen LogP contribution in [-0.2, 0) is 6.42 Å². The largest absolute Gasteiger partial charge is 0.508 e. The van der Waals surface area contributed by atoms with Crippen molar-refractivity contribution >= 4 is 5.69 Å². The molecule has 0 aliphatic rings. The quantitative estimate of drug-likeness (QED) is 0.712. The number of nitrogen functional groups attached to an aromatic ring is 1. The highest BCUT2D eigenvalue weighted by molar-refractivity contribution is 5.59. The van der Waals surface area contributed by atoms with Crippen molar-refractivity contribution in [3.8, 4) is 17.2 Å². The number of phenols is 1. The Balaban J connectivity index is 1.82. The zero-order chi connectivity index (χ0) is 13.9. The molecular weight excluding hydrogens is 254 g/mol. The maximum atomic E-state index is 9.24. The number of aromatic nitrogens is 2. The van der Waals surface area contributed by atoms with E-state index in [1.54, 1.807) is 24.3 Å². The predicted octanol–water partition coefficient (Wildman–Crippen LogP) is 2.62. The van der Waals surface area contributed by atoms with Crippen LogP contribution in [0.5, 0.6) is 5.75 Å². The molecule has 1 aromatic heterocycles. The Bertz CT molecular complexity index is 720. The van der Waals surface area contributed by atoms with Gasteiger partial charge >= 0.3 is 0 Å². The van der Waals surface area contributed by atoms with Crippen LogP contribution in [0.4, 0.5) is 5.69 Å². The first kappa shape index (κ1) is 12.2. The van der Waals surface area contributed by atoms with Gasteiger partial charge in [-0.15, -0.1) is 0 Å². The smallest absolute Gasteiger partial charge is 0.258 e. The van der Waals surface area contributed by atoms with Crippen molar-refractivity contribution in [3.05, 3.63) is 59.9 Å². The van der Waals surface area contributed by atoms with Crippen LogP contribution in [0.25, 0.3) is 11.5 Å². The van der Waals surface area contributed by atoms with E-state index >= 15 is 0 Å². The molecule has 0 saturated heterocycles. The Morgan fingerprint density at radius 1 is 1.10 bits per heavy atom. The van der Waals surface area contributed by atoms with E-state index in [1.165, 1.54) is 0 Å². The Morgan fingerprint density at radius 2 is 1.90 bits per heavy atom. The monoisotopic (exact) mass is 267 g/mol. The first-order chi connectivity index (χ1) is 9.70. The van der Waals surface area contributed by atoms with E-state index in [-0.39, 0.29) is 5.75 Å². The van der Waals surface area contributed by atoms with Gasteiger partial charge in [0.25, 0.3) is 5.89 Å². The molecule has 0 fully saturated rings. The van der Waals surface area contributed by atoms with Crippen molar-refractivity contribution in [1.29, 1.82) is 0 Å². The highest BCUT2D eigenvalue weighted by Gasteiger charge is 2.09. The van der Waals surface area contributed by atoms with E-state index in [9.17, 15) is 5.11 Å². The number of hydrogen-bond donors (Lipinski definition) is 2. The topological polar surface area (TPSA) is 85.2 Å². The molecule has 3 N–H and O–H groups in total. The third-order valence-corrected chi connectivity index (χ3v) is 2.90. The lowest BCUT2D eigenvalue weighted by Crippen LogP contribution is -1.90. The summed E-state index contributed by atoms with van der Waals surface area (Å²) in [6, 6.07) is 14.2. The zero-order valence-electron chi connectivity index (χ0n) is 10.7. The fraction of sp³-hybridized carbons (Fsp3) is 0.0667. The van der Waals surface area contributed by atoms with Crippen molar-refractivity contribution in [2.24, 2.45) is 0 Å². The molecule has 0 atom stereocenters. The SMILES string of the molecule is Nc1cccc(-c2nc(Cc3ccc(O)cc3)no2)c1. The van der Waals surface area contributed by atoms with Crippen molar-refractivity contribution < 1.29 is 9.63 Å². The third-order valence-electron chi connectivity index (χ3n) is 2.90. The molecule has 20 heavy (non-hydrogen) atoms. The minimum absolute atomic E-state index is 0.238. The molecule has 5 heteroatoms. The summed E-state index contributed by atoms with van der Waals surface area (Å²) in [6.07, 6.45) is 0.548. The first-order valence-electron chi connectivity index (χ1n) is 6.17. The molecule has 5 nitrogen and oxygen atoms in total. The summed E-state index contributed by atoms with van der Waals surface area (Å²) >= 11 is 0. The summed E-state index contributed by atoms with van der Waals surface area (Å²) in [6.45, 7) is 0. The molecule has 1 heterocycles. The summed E-state index contributed by atoms with van der Waals surface area (Å²) in [5, 5.41) is 13.2. The van der Waals surface area contributed by atoms with E-state index in [0.717, 1.165) is 11.1 Å². The number of rotatable bonds is 3. The molecule has 0 saturated carbocycles. The van der Waals surface area contributed by atoms with E-state index in [4.69, 9.17) is 10.3 Å². The Labute approximate surface area is 115 Å². The lowest BCUT2D eigenvalue weighted by Gasteiger charge is -1.97. The molecule has 2 aromatic carbocycles. The standard InChI is InChI=1S/C15H13N3O2/c16-12-3-1-2-11(9-12)15-17-14(18-20-15)8-10-4-6-13(19)7-5-10/h1-7,9,19H,8,16H2. The number of anilines is 1. The maximum absolute atomic E-state index is 9.24. The van der Waals surface area contributed by atoms with Gasteiger partial charge in [-0.25, -0.2) is 0 Å². The number of benzene rings is 2. The summed E-state index contributed by atoms with van der Waals surface area (Å²) in [5.41, 5.74) is 8.18. The van der Waals surface area contributed by atoms with Crippen LogP contribution >= 0.6 is 0 Å². The normalized spacial score (nSPS) is 10.6. The maximum Gasteiger partial charge on any atom is 0.258 e. The molecule has 0 unspecified atom stereocenters. The Kier molecular flexibility index (Phi) is 3.09. The lowest BCUT2D eigenvalue weighted by atomic mass is 10.1. The molecule has 0 aliphatic heterocycles. The van der Waals surface area contributed by atoms with Crippen molar-refractivity contribution in [2.45, 2.75) is 6.42 Å². The van der Waals surface area contributed by atoms with Crippen LogP contribution in [0.1, 0.15) is 11.4 Å². The van der Waals surface area contributed by atoms with Crippen molar-refractivity contribution in [2.75, 3.05) is 5.73 Å². The van der Waals surface area contributed by atoms with Gasteiger partial charge in [0.05, 0.1) is 0 Å². The molecule has 0 radical (unpaired) electrons. The van der Waals surface area contributed by atoms with Gasteiger partial charge in [0.2, 0.25) is 0 Å². The number of hydrogen-bond acceptors (Lipinski definition) is 5. The molecule has 0 spiro atoms. The fourth-order valence-electron chi connectivity index (χ4n) is 1.91. The number of phenolic OH excluding ortho intramolecular Hbond substituents is 1. The number of aromatic hydroxyl groups is 1. The van der Waals surface area contributed by atoms with Crippen LogP contribution in [0.3, 0.4) is 0 Å². The third kappa shape index (κ3) is 2.61. The van der Waals surface area contributed by atoms with Gasteiger partial charge in [0.15, 0.2) is 5.82 Å². The Morgan fingerprint density at radius 3 is 2.65 bits per heavy atom. The van der Waals surface area contributed by atoms with Crippen LogP contribution in [0, 0.1) is 0 Å². The van der Waals surface area contributed by atoms with E-state index in [2.05, 4.69) is 10.1 Å². The number of nitrogens with zero attached hydrogens (tertiary/aromatic N) is 2. The minimum Gasteiger partial charge on any atom is -0.508 e. The van der Waals surface area contributed by atoms with Gasteiger partial charge in [0, 0.05) is 17.7 Å². The molecule has 0 aliphatic carbocycles. The summed E-state index contributed by atoms with van der Waals surface area (Å²) in [4.78, 5) is 4.34. The van der Waals surface area contributed by atoms with Gasteiger partial charge in [-0.05, 0) is 35.9 Å².